The van der Waals surface area contributed by atoms with Crippen LogP contribution in [-0.2, 0) is 14.4 Å². The molecule has 10 heteroatoms. The van der Waals surface area contributed by atoms with Crippen molar-refractivity contribution in [2.45, 2.75) is 0 Å². The van der Waals surface area contributed by atoms with E-state index in [-0.39, 0.29) is 17.7 Å². The Balaban J connectivity index is 1.75. The van der Waals surface area contributed by atoms with E-state index >= 15 is 0 Å². The number of hydrogen-bond donors (Lipinski definition) is 3. The molecule has 9 nitrogen and oxygen atoms in total. The van der Waals surface area contributed by atoms with Crippen molar-refractivity contribution in [3.63, 3.8) is 0 Å². The first-order valence-electron chi connectivity index (χ1n) is 10.8. The van der Waals surface area contributed by atoms with Gasteiger partial charge in [0.2, 0.25) is 0 Å². The van der Waals surface area contributed by atoms with Gasteiger partial charge in [-0.05, 0) is 0 Å². The summed E-state index contributed by atoms with van der Waals surface area (Å²) >= 11 is -3.65. The molecular weight excluding hydrogens is 671 g/mol. The van der Waals surface area contributed by atoms with Crippen LogP contribution in [0.5, 0.6) is 17.2 Å². The SMILES string of the molecule is C=CC(=O)Nc1ccc([O][Bi]([O]c2ccc(NC(=O)C=C)cc2)[O]c2ccc(NC(=O)C=C)cc2)cc1. The summed E-state index contributed by atoms with van der Waals surface area (Å²) in [6, 6.07) is 20.3. The van der Waals surface area contributed by atoms with E-state index in [2.05, 4.69) is 35.7 Å². The standard InChI is InChI=1S/3C9H9NO2.Bi/c3*1-2-9(12)10-7-3-5-8(11)6-4-7;/h3*2-6,11H,1H2,(H,10,12);/q;;;+3/p-3. The molecule has 0 bridgehead atoms. The molecule has 0 aromatic heterocycles. The van der Waals surface area contributed by atoms with Gasteiger partial charge in [0.1, 0.15) is 0 Å². The fourth-order valence-corrected chi connectivity index (χ4v) is 6.55. The van der Waals surface area contributed by atoms with E-state index in [4.69, 9.17) is 8.44 Å². The van der Waals surface area contributed by atoms with Gasteiger partial charge >= 0.3 is 225 Å². The Bertz CT molecular complexity index is 1110. The molecule has 3 amide bonds. The molecule has 3 rings (SSSR count). The molecule has 3 aromatic carbocycles. The molecule has 3 N–H and O–H groups in total. The summed E-state index contributed by atoms with van der Waals surface area (Å²) < 4.78 is 18.3. The fraction of sp³-hybridized carbons (Fsp3) is 0. The number of carbonyl (C=O) groups excluding carboxylic acids is 3. The van der Waals surface area contributed by atoms with Gasteiger partial charge in [0.05, 0.1) is 0 Å². The Kier molecular flexibility index (Phi) is 9.99. The van der Waals surface area contributed by atoms with Crippen molar-refractivity contribution in [1.29, 1.82) is 0 Å². The predicted molar refractivity (Wildman–Crippen MR) is 143 cm³/mol. The second-order valence-electron chi connectivity index (χ2n) is 7.15. The molecular formula is C27H24BiN3O6. The second kappa shape index (κ2) is 13.6. The van der Waals surface area contributed by atoms with Gasteiger partial charge in [0.15, 0.2) is 0 Å². The maximum absolute atomic E-state index is 11.5. The van der Waals surface area contributed by atoms with Crippen molar-refractivity contribution < 1.29 is 22.8 Å². The van der Waals surface area contributed by atoms with Crippen LogP contribution in [0.15, 0.2) is 111 Å². The molecule has 0 aliphatic heterocycles. The third-order valence-corrected chi connectivity index (χ3v) is 8.66. The first kappa shape index (κ1) is 27.2. The molecule has 0 fully saturated rings. The van der Waals surface area contributed by atoms with Crippen molar-refractivity contribution >= 4 is 57.9 Å². The Labute approximate surface area is 224 Å². The normalized spacial score (nSPS) is 9.97. The van der Waals surface area contributed by atoms with E-state index in [1.54, 1.807) is 72.8 Å². The Morgan fingerprint density at radius 2 is 0.757 bits per heavy atom. The molecule has 0 spiro atoms. The third-order valence-electron chi connectivity index (χ3n) is 4.46. The van der Waals surface area contributed by atoms with E-state index in [1.165, 1.54) is 18.2 Å². The molecule has 0 saturated carbocycles. The average molecular weight is 695 g/mol. The number of carbonyl (C=O) groups is 3. The molecule has 0 saturated heterocycles. The van der Waals surface area contributed by atoms with Crippen molar-refractivity contribution in [1.82, 2.24) is 0 Å². The summed E-state index contributed by atoms with van der Waals surface area (Å²) in [5, 5.41) is 8.00. The van der Waals surface area contributed by atoms with Crippen LogP contribution < -0.4 is 24.4 Å². The van der Waals surface area contributed by atoms with Crippen LogP contribution in [-0.4, -0.2) is 40.8 Å². The molecule has 3 aromatic rings. The molecule has 0 unspecified atom stereocenters. The Morgan fingerprint density at radius 3 is 0.973 bits per heavy atom. The van der Waals surface area contributed by atoms with E-state index < -0.39 is 23.1 Å². The number of hydrogen-bond acceptors (Lipinski definition) is 6. The fourth-order valence-electron chi connectivity index (χ4n) is 2.69. The zero-order valence-corrected chi connectivity index (χ0v) is 23.2. The summed E-state index contributed by atoms with van der Waals surface area (Å²) in [5.41, 5.74) is 1.75. The first-order valence-corrected chi connectivity index (χ1v) is 15.1. The third kappa shape index (κ3) is 8.94. The van der Waals surface area contributed by atoms with Gasteiger partial charge in [0.25, 0.3) is 0 Å². The Hall–Kier alpha value is -4.43. The van der Waals surface area contributed by atoms with E-state index in [0.29, 0.717) is 34.3 Å². The minimum absolute atomic E-state index is 0.322. The summed E-state index contributed by atoms with van der Waals surface area (Å²) in [4.78, 5) is 34.5. The van der Waals surface area contributed by atoms with Gasteiger partial charge in [-0.3, -0.25) is 0 Å². The van der Waals surface area contributed by atoms with Crippen LogP contribution in [0, 0.1) is 0 Å². The van der Waals surface area contributed by atoms with Gasteiger partial charge in [-0.1, -0.05) is 0 Å². The van der Waals surface area contributed by atoms with Crippen molar-refractivity contribution in [2.75, 3.05) is 16.0 Å². The number of anilines is 3. The topological polar surface area (TPSA) is 115 Å². The number of rotatable bonds is 12. The molecule has 0 aliphatic rings. The summed E-state index contributed by atoms with van der Waals surface area (Å²) in [7, 11) is 0. The molecule has 188 valence electrons. The molecule has 37 heavy (non-hydrogen) atoms. The monoisotopic (exact) mass is 695 g/mol. The molecule has 0 heterocycles. The first-order chi connectivity index (χ1) is 17.9. The van der Waals surface area contributed by atoms with E-state index in [9.17, 15) is 14.4 Å². The number of amides is 3. The van der Waals surface area contributed by atoms with Gasteiger partial charge < -0.3 is 0 Å². The molecule has 0 radical (unpaired) electrons. The minimum atomic E-state index is -3.65. The molecule has 0 aliphatic carbocycles. The van der Waals surface area contributed by atoms with Crippen molar-refractivity contribution in [3.05, 3.63) is 111 Å². The maximum atomic E-state index is 11.5. The van der Waals surface area contributed by atoms with Gasteiger partial charge in [-0.25, -0.2) is 0 Å². The van der Waals surface area contributed by atoms with Crippen molar-refractivity contribution in [2.24, 2.45) is 0 Å². The van der Waals surface area contributed by atoms with Crippen LogP contribution in [0.1, 0.15) is 0 Å². The summed E-state index contributed by atoms with van der Waals surface area (Å²) in [6.45, 7) is 10.3. The predicted octanol–water partition coefficient (Wildman–Crippen LogP) is 4.58. The van der Waals surface area contributed by atoms with Gasteiger partial charge in [0, 0.05) is 0 Å². The van der Waals surface area contributed by atoms with Crippen molar-refractivity contribution in [3.8, 4) is 17.2 Å². The van der Waals surface area contributed by atoms with Gasteiger partial charge in [-0.15, -0.1) is 0 Å². The van der Waals surface area contributed by atoms with Crippen LogP contribution in [0.3, 0.4) is 0 Å². The van der Waals surface area contributed by atoms with Crippen LogP contribution >= 0.6 is 0 Å². The summed E-state index contributed by atoms with van der Waals surface area (Å²) in [6.07, 6.45) is 3.54. The van der Waals surface area contributed by atoms with Gasteiger partial charge in [-0.2, -0.15) is 0 Å². The average Bonchev–Trinajstić information content (AvgIpc) is 2.91. The summed E-state index contributed by atoms with van der Waals surface area (Å²) in [5.74, 6) is 0.532. The molecule has 0 atom stereocenters. The van der Waals surface area contributed by atoms with E-state index in [1.807, 2.05) is 0 Å². The number of benzene rings is 3. The number of nitrogens with one attached hydrogen (secondary N) is 3. The zero-order valence-electron chi connectivity index (χ0n) is 19.7. The second-order valence-corrected chi connectivity index (χ2v) is 11.0. The zero-order chi connectivity index (χ0) is 26.6. The van der Waals surface area contributed by atoms with Crippen LogP contribution in [0.2, 0.25) is 0 Å². The van der Waals surface area contributed by atoms with Crippen LogP contribution in [0.4, 0.5) is 17.1 Å². The van der Waals surface area contributed by atoms with E-state index in [0.717, 1.165) is 0 Å². The quantitative estimate of drug-likeness (QED) is 0.189. The van der Waals surface area contributed by atoms with Crippen LogP contribution in [0.25, 0.3) is 0 Å². The Morgan fingerprint density at radius 1 is 0.514 bits per heavy atom.